The zero-order valence-corrected chi connectivity index (χ0v) is 11.9. The highest BCUT2D eigenvalue weighted by Crippen LogP contribution is 2.41. The van der Waals surface area contributed by atoms with Crippen LogP contribution in [-0.4, -0.2) is 22.6 Å². The quantitative estimate of drug-likeness (QED) is 0.313. The number of rotatable bonds is 2. The number of carbonyl (C=O) groups is 2. The Labute approximate surface area is 129 Å². The fraction of sp³-hybridized carbons (Fsp3) is 0. The third kappa shape index (κ3) is 2.10. The van der Waals surface area contributed by atoms with E-state index in [4.69, 9.17) is 28.7 Å². The van der Waals surface area contributed by atoms with E-state index in [9.17, 15) is 9.59 Å². The van der Waals surface area contributed by atoms with Crippen molar-refractivity contribution < 1.29 is 14.4 Å². The first kappa shape index (κ1) is 13.7. The van der Waals surface area contributed by atoms with Crippen LogP contribution in [0.2, 0.25) is 10.0 Å². The summed E-state index contributed by atoms with van der Waals surface area (Å²) < 4.78 is 0. The van der Waals surface area contributed by atoms with Gasteiger partial charge in [-0.25, -0.2) is 0 Å². The molecule has 1 aliphatic rings. The van der Waals surface area contributed by atoms with Crippen molar-refractivity contribution in [2.45, 2.75) is 0 Å². The highest BCUT2D eigenvalue weighted by Gasteiger charge is 2.31. The minimum atomic E-state index is -0.535. The monoisotopic (exact) mass is 316 g/mol. The summed E-state index contributed by atoms with van der Waals surface area (Å²) in [6.07, 6.45) is 0.768. The molecule has 0 aliphatic heterocycles. The standard InChI is InChI=1S/C15H6Cl2N2O2/c16-7-1-2-9-10(3-7)15(21)12-5-8(17)4-11(14(9)12)13(20)6-19-18/h1-6H. The number of hydrogen-bond acceptors (Lipinski definition) is 2. The van der Waals surface area contributed by atoms with Gasteiger partial charge in [0.25, 0.3) is 5.78 Å². The lowest BCUT2D eigenvalue weighted by Gasteiger charge is -2.05. The summed E-state index contributed by atoms with van der Waals surface area (Å²) in [5.41, 5.74) is 10.6. The minimum Gasteiger partial charge on any atom is -0.361 e. The summed E-state index contributed by atoms with van der Waals surface area (Å²) in [6.45, 7) is 0. The van der Waals surface area contributed by atoms with Crippen LogP contribution in [0.1, 0.15) is 26.3 Å². The van der Waals surface area contributed by atoms with Gasteiger partial charge in [-0.1, -0.05) is 29.3 Å². The summed E-state index contributed by atoms with van der Waals surface area (Å²) in [5.74, 6) is -0.771. The molecule has 2 aromatic rings. The number of halogens is 2. The molecule has 102 valence electrons. The highest BCUT2D eigenvalue weighted by atomic mass is 35.5. The molecule has 0 saturated heterocycles. The van der Waals surface area contributed by atoms with Crippen molar-refractivity contribution in [2.75, 3.05) is 0 Å². The lowest BCUT2D eigenvalue weighted by atomic mass is 9.97. The number of hydrogen-bond donors (Lipinski definition) is 0. The second-order valence-electron chi connectivity index (χ2n) is 4.50. The molecule has 4 nitrogen and oxygen atoms in total. The van der Waals surface area contributed by atoms with Gasteiger partial charge in [0, 0.05) is 32.3 Å². The number of fused-ring (bicyclic) bond motifs is 3. The molecular formula is C15H6Cl2N2O2. The average molecular weight is 317 g/mol. The van der Waals surface area contributed by atoms with E-state index < -0.39 is 5.78 Å². The molecule has 0 atom stereocenters. The maximum absolute atomic E-state index is 12.4. The van der Waals surface area contributed by atoms with Gasteiger partial charge in [0.05, 0.1) is 0 Å². The van der Waals surface area contributed by atoms with Crippen molar-refractivity contribution in [3.05, 3.63) is 62.6 Å². The van der Waals surface area contributed by atoms with Gasteiger partial charge in [-0.2, -0.15) is 4.79 Å². The summed E-state index contributed by atoms with van der Waals surface area (Å²) in [7, 11) is 0. The van der Waals surface area contributed by atoms with Crippen LogP contribution in [0.15, 0.2) is 30.3 Å². The molecule has 3 rings (SSSR count). The van der Waals surface area contributed by atoms with Gasteiger partial charge in [0.15, 0.2) is 5.78 Å². The second-order valence-corrected chi connectivity index (χ2v) is 5.38. The molecule has 6 heteroatoms. The van der Waals surface area contributed by atoms with E-state index in [0.29, 0.717) is 27.3 Å². The third-order valence-electron chi connectivity index (χ3n) is 3.28. The van der Waals surface area contributed by atoms with Crippen LogP contribution in [-0.2, 0) is 0 Å². The molecule has 0 heterocycles. The molecule has 21 heavy (non-hydrogen) atoms. The van der Waals surface area contributed by atoms with Crippen molar-refractivity contribution in [2.24, 2.45) is 0 Å². The van der Waals surface area contributed by atoms with Crippen LogP contribution in [0.4, 0.5) is 0 Å². The molecule has 0 aromatic heterocycles. The van der Waals surface area contributed by atoms with E-state index >= 15 is 0 Å². The summed E-state index contributed by atoms with van der Waals surface area (Å²) in [5, 5.41) is 0.696. The molecule has 2 aromatic carbocycles. The number of Topliss-reactive ketones (excluding diaryl/α,β-unsaturated/α-hetero) is 1. The smallest absolute Gasteiger partial charge is 0.328 e. The first-order chi connectivity index (χ1) is 10.0. The zero-order chi connectivity index (χ0) is 15.1. The Bertz CT molecular complexity index is 868. The first-order valence-corrected chi connectivity index (χ1v) is 6.68. The molecular weight excluding hydrogens is 311 g/mol. The molecule has 0 amide bonds. The Morgan fingerprint density at radius 1 is 1.05 bits per heavy atom. The van der Waals surface area contributed by atoms with Crippen LogP contribution < -0.4 is 0 Å². The predicted molar refractivity (Wildman–Crippen MR) is 79.3 cm³/mol. The van der Waals surface area contributed by atoms with Crippen molar-refractivity contribution in [1.82, 2.24) is 0 Å². The molecule has 0 fully saturated rings. The van der Waals surface area contributed by atoms with Gasteiger partial charge in [-0.3, -0.25) is 9.59 Å². The minimum absolute atomic E-state index is 0.213. The van der Waals surface area contributed by atoms with E-state index in [1.54, 1.807) is 18.2 Å². The predicted octanol–water partition coefficient (Wildman–Crippen LogP) is 3.69. The van der Waals surface area contributed by atoms with Gasteiger partial charge in [-0.15, -0.1) is 0 Å². The first-order valence-electron chi connectivity index (χ1n) is 5.93. The Morgan fingerprint density at radius 2 is 1.76 bits per heavy atom. The van der Waals surface area contributed by atoms with Gasteiger partial charge < -0.3 is 5.53 Å². The highest BCUT2D eigenvalue weighted by molar-refractivity contribution is 6.40. The van der Waals surface area contributed by atoms with E-state index in [2.05, 4.69) is 4.79 Å². The Morgan fingerprint density at radius 3 is 2.48 bits per heavy atom. The van der Waals surface area contributed by atoms with Crippen LogP contribution >= 0.6 is 23.2 Å². The largest absolute Gasteiger partial charge is 0.361 e. The van der Waals surface area contributed by atoms with Crippen molar-refractivity contribution in [1.29, 1.82) is 0 Å². The number of carbonyl (C=O) groups excluding carboxylic acids is 2. The van der Waals surface area contributed by atoms with E-state index in [1.165, 1.54) is 12.1 Å². The maximum atomic E-state index is 12.4. The molecule has 0 spiro atoms. The Kier molecular flexibility index (Phi) is 3.22. The lowest BCUT2D eigenvalue weighted by molar-refractivity contribution is 0.00235. The van der Waals surface area contributed by atoms with Gasteiger partial charge in [0.1, 0.15) is 0 Å². The fourth-order valence-corrected chi connectivity index (χ4v) is 2.85. The Balaban J connectivity index is 2.37. The lowest BCUT2D eigenvalue weighted by Crippen LogP contribution is -2.05. The molecule has 0 saturated carbocycles. The molecule has 0 radical (unpaired) electrons. The molecule has 1 aliphatic carbocycles. The van der Waals surface area contributed by atoms with E-state index in [0.717, 1.165) is 6.21 Å². The third-order valence-corrected chi connectivity index (χ3v) is 3.74. The maximum Gasteiger partial charge on any atom is 0.328 e. The van der Waals surface area contributed by atoms with Crippen LogP contribution in [0.25, 0.3) is 16.7 Å². The zero-order valence-electron chi connectivity index (χ0n) is 10.4. The second kappa shape index (κ2) is 4.93. The van der Waals surface area contributed by atoms with Crippen LogP contribution in [0.3, 0.4) is 0 Å². The molecule has 0 N–H and O–H groups in total. The van der Waals surface area contributed by atoms with Gasteiger partial charge >= 0.3 is 6.21 Å². The average Bonchev–Trinajstić information content (AvgIpc) is 2.71. The van der Waals surface area contributed by atoms with Crippen LogP contribution in [0, 0.1) is 0 Å². The van der Waals surface area contributed by atoms with Crippen molar-refractivity contribution >= 4 is 41.0 Å². The SMILES string of the molecule is [N-]=[N+]=CC(=O)c1cc(Cl)cc2c1-c1ccc(Cl)cc1C2=O. The number of nitrogens with zero attached hydrogens (tertiary/aromatic N) is 2. The van der Waals surface area contributed by atoms with E-state index in [1.807, 2.05) is 0 Å². The summed E-state index contributed by atoms with van der Waals surface area (Å²) in [6, 6.07) is 7.84. The molecule has 0 unspecified atom stereocenters. The molecule has 0 bridgehead atoms. The normalized spacial score (nSPS) is 11.6. The van der Waals surface area contributed by atoms with Crippen LogP contribution in [0.5, 0.6) is 0 Å². The number of benzene rings is 2. The van der Waals surface area contributed by atoms with Crippen molar-refractivity contribution in [3.8, 4) is 11.1 Å². The summed E-state index contributed by atoms with van der Waals surface area (Å²) >= 11 is 11.9. The number of ketones is 2. The van der Waals surface area contributed by atoms with Gasteiger partial charge in [0.2, 0.25) is 0 Å². The fourth-order valence-electron chi connectivity index (χ4n) is 2.46. The topological polar surface area (TPSA) is 70.5 Å². The summed E-state index contributed by atoms with van der Waals surface area (Å²) in [4.78, 5) is 27.2. The van der Waals surface area contributed by atoms with Crippen molar-refractivity contribution in [3.63, 3.8) is 0 Å². The van der Waals surface area contributed by atoms with E-state index in [-0.39, 0.29) is 16.4 Å². The van der Waals surface area contributed by atoms with Gasteiger partial charge in [-0.05, 0) is 29.8 Å². The Hall–Kier alpha value is -2.26.